The van der Waals surface area contributed by atoms with E-state index in [9.17, 15) is 9.59 Å². The number of aliphatic carboxylic acids is 1. The second kappa shape index (κ2) is 7.33. The summed E-state index contributed by atoms with van der Waals surface area (Å²) in [6.45, 7) is 6.65. The van der Waals surface area contributed by atoms with E-state index >= 15 is 0 Å². The maximum absolute atomic E-state index is 11.6. The van der Waals surface area contributed by atoms with Crippen LogP contribution in [0.2, 0.25) is 0 Å². The Morgan fingerprint density at radius 3 is 2.53 bits per heavy atom. The highest BCUT2D eigenvalue weighted by Gasteiger charge is 2.35. The van der Waals surface area contributed by atoms with Crippen molar-refractivity contribution in [1.29, 1.82) is 0 Å². The van der Waals surface area contributed by atoms with Crippen molar-refractivity contribution in [3.8, 4) is 0 Å². The van der Waals surface area contributed by atoms with E-state index in [4.69, 9.17) is 5.11 Å². The SMILES string of the molecule is CC(C)N(C)CCCCNC(=O)N1CC(C(=O)O)C1. The molecule has 1 heterocycles. The maximum Gasteiger partial charge on any atom is 0.317 e. The molecule has 0 bridgehead atoms. The molecule has 1 fully saturated rings. The molecule has 0 aliphatic carbocycles. The Morgan fingerprint density at radius 2 is 2.00 bits per heavy atom. The van der Waals surface area contributed by atoms with Crippen molar-refractivity contribution in [1.82, 2.24) is 15.1 Å². The number of unbranched alkanes of at least 4 members (excludes halogenated alkanes) is 1. The topological polar surface area (TPSA) is 72.9 Å². The zero-order valence-electron chi connectivity index (χ0n) is 12.1. The molecule has 6 nitrogen and oxygen atoms in total. The monoisotopic (exact) mass is 271 g/mol. The minimum Gasteiger partial charge on any atom is -0.481 e. The summed E-state index contributed by atoms with van der Waals surface area (Å²) in [6.07, 6.45) is 1.99. The minimum atomic E-state index is -0.819. The first-order chi connectivity index (χ1) is 8.91. The Hall–Kier alpha value is -1.30. The van der Waals surface area contributed by atoms with Crippen molar-refractivity contribution in [3.05, 3.63) is 0 Å². The normalized spacial score (nSPS) is 15.7. The van der Waals surface area contributed by atoms with Gasteiger partial charge in [-0.1, -0.05) is 0 Å². The number of carbonyl (C=O) groups excluding carboxylic acids is 1. The summed E-state index contributed by atoms with van der Waals surface area (Å²) in [6, 6.07) is 0.401. The van der Waals surface area contributed by atoms with Gasteiger partial charge in [0.1, 0.15) is 0 Å². The summed E-state index contributed by atoms with van der Waals surface area (Å²) in [5.41, 5.74) is 0. The molecule has 0 unspecified atom stereocenters. The smallest absolute Gasteiger partial charge is 0.317 e. The van der Waals surface area contributed by atoms with Crippen LogP contribution in [-0.4, -0.2) is 66.2 Å². The molecule has 0 aromatic heterocycles. The van der Waals surface area contributed by atoms with Crippen molar-refractivity contribution in [2.24, 2.45) is 5.92 Å². The van der Waals surface area contributed by atoms with Gasteiger partial charge in [-0.2, -0.15) is 0 Å². The minimum absolute atomic E-state index is 0.144. The molecule has 0 saturated carbocycles. The molecule has 1 aliphatic rings. The Labute approximate surface area is 114 Å². The number of amides is 2. The number of likely N-dealkylation sites (tertiary alicyclic amines) is 1. The molecule has 2 N–H and O–H groups in total. The van der Waals surface area contributed by atoms with Gasteiger partial charge in [-0.05, 0) is 40.3 Å². The number of carboxylic acid groups (broad SMARTS) is 1. The molecule has 1 rings (SSSR count). The lowest BCUT2D eigenvalue weighted by atomic mass is 10.0. The highest BCUT2D eigenvalue weighted by Crippen LogP contribution is 2.15. The van der Waals surface area contributed by atoms with Crippen LogP contribution >= 0.6 is 0 Å². The Kier molecular flexibility index (Phi) is 6.08. The molecule has 19 heavy (non-hydrogen) atoms. The fourth-order valence-corrected chi connectivity index (χ4v) is 1.85. The third-order valence-corrected chi connectivity index (χ3v) is 3.61. The molecule has 0 aromatic rings. The second-order valence-electron chi connectivity index (χ2n) is 5.45. The molecule has 0 atom stereocenters. The number of nitrogens with zero attached hydrogens (tertiary/aromatic N) is 2. The third kappa shape index (κ3) is 5.06. The molecule has 0 aromatic carbocycles. The number of hydrogen-bond donors (Lipinski definition) is 2. The zero-order chi connectivity index (χ0) is 14.4. The molecule has 1 saturated heterocycles. The van der Waals surface area contributed by atoms with Gasteiger partial charge in [0.05, 0.1) is 5.92 Å². The number of rotatable bonds is 7. The molecule has 0 spiro atoms. The summed E-state index contributed by atoms with van der Waals surface area (Å²) in [7, 11) is 2.09. The van der Waals surface area contributed by atoms with Crippen LogP contribution in [-0.2, 0) is 4.79 Å². The number of carbonyl (C=O) groups is 2. The van der Waals surface area contributed by atoms with E-state index in [1.807, 2.05) is 0 Å². The van der Waals surface area contributed by atoms with E-state index in [0.717, 1.165) is 19.4 Å². The molecule has 110 valence electrons. The van der Waals surface area contributed by atoms with Gasteiger partial charge in [0.2, 0.25) is 0 Å². The van der Waals surface area contributed by atoms with Gasteiger partial charge in [0, 0.05) is 25.7 Å². The summed E-state index contributed by atoms with van der Waals surface area (Å²) in [5, 5.41) is 11.5. The van der Waals surface area contributed by atoms with Crippen molar-refractivity contribution in [3.63, 3.8) is 0 Å². The lowest BCUT2D eigenvalue weighted by Gasteiger charge is -2.36. The average molecular weight is 271 g/mol. The number of hydrogen-bond acceptors (Lipinski definition) is 3. The molecular weight excluding hydrogens is 246 g/mol. The lowest BCUT2D eigenvalue weighted by Crippen LogP contribution is -2.56. The van der Waals surface area contributed by atoms with Gasteiger partial charge in [-0.3, -0.25) is 4.79 Å². The van der Waals surface area contributed by atoms with Crippen LogP contribution in [0.3, 0.4) is 0 Å². The van der Waals surface area contributed by atoms with Crippen LogP contribution in [0, 0.1) is 5.92 Å². The third-order valence-electron chi connectivity index (χ3n) is 3.61. The van der Waals surface area contributed by atoms with E-state index in [1.54, 1.807) is 4.90 Å². The van der Waals surface area contributed by atoms with Gasteiger partial charge in [0.15, 0.2) is 0 Å². The predicted octanol–water partition coefficient (Wildman–Crippen LogP) is 0.833. The maximum atomic E-state index is 11.6. The van der Waals surface area contributed by atoms with Crippen LogP contribution in [0.1, 0.15) is 26.7 Å². The van der Waals surface area contributed by atoms with Crippen LogP contribution in [0.5, 0.6) is 0 Å². The number of carboxylic acids is 1. The van der Waals surface area contributed by atoms with Gasteiger partial charge >= 0.3 is 12.0 Å². The second-order valence-corrected chi connectivity index (χ2v) is 5.45. The molecular formula is C13H25N3O3. The van der Waals surface area contributed by atoms with E-state index < -0.39 is 5.97 Å². The van der Waals surface area contributed by atoms with E-state index in [0.29, 0.717) is 25.7 Å². The molecule has 6 heteroatoms. The Balaban J connectivity index is 2.01. The van der Waals surface area contributed by atoms with Crippen molar-refractivity contribution < 1.29 is 14.7 Å². The summed E-state index contributed by atoms with van der Waals surface area (Å²) < 4.78 is 0. The Bertz CT molecular complexity index is 314. The molecule has 0 radical (unpaired) electrons. The van der Waals surface area contributed by atoms with Crippen LogP contribution in [0.15, 0.2) is 0 Å². The van der Waals surface area contributed by atoms with Crippen molar-refractivity contribution in [2.45, 2.75) is 32.7 Å². The van der Waals surface area contributed by atoms with E-state index in [-0.39, 0.29) is 11.9 Å². The Morgan fingerprint density at radius 1 is 1.37 bits per heavy atom. The fraction of sp³-hybridized carbons (Fsp3) is 0.846. The first kappa shape index (κ1) is 15.8. The molecule has 1 aliphatic heterocycles. The summed E-state index contributed by atoms with van der Waals surface area (Å²) in [5.74, 6) is -1.20. The largest absolute Gasteiger partial charge is 0.481 e. The summed E-state index contributed by atoms with van der Waals surface area (Å²) in [4.78, 5) is 26.0. The first-order valence-corrected chi connectivity index (χ1v) is 6.87. The summed E-state index contributed by atoms with van der Waals surface area (Å²) >= 11 is 0. The number of urea groups is 1. The van der Waals surface area contributed by atoms with Crippen LogP contribution in [0.25, 0.3) is 0 Å². The standard InChI is InChI=1S/C13H25N3O3/c1-10(2)15(3)7-5-4-6-14-13(19)16-8-11(9-16)12(17)18/h10-11H,4-9H2,1-3H3,(H,14,19)(H,17,18). The van der Waals surface area contributed by atoms with Gasteiger partial charge in [-0.25, -0.2) is 4.79 Å². The van der Waals surface area contributed by atoms with E-state index in [2.05, 4.69) is 31.1 Å². The fourth-order valence-electron chi connectivity index (χ4n) is 1.85. The van der Waals surface area contributed by atoms with Crippen LogP contribution < -0.4 is 5.32 Å². The highest BCUT2D eigenvalue weighted by molar-refractivity contribution is 5.79. The predicted molar refractivity (Wildman–Crippen MR) is 73.1 cm³/mol. The van der Waals surface area contributed by atoms with Crippen LogP contribution in [0.4, 0.5) is 4.79 Å². The number of nitrogens with one attached hydrogen (secondary N) is 1. The average Bonchev–Trinajstić information content (AvgIpc) is 2.25. The lowest BCUT2D eigenvalue weighted by molar-refractivity contribution is -0.146. The highest BCUT2D eigenvalue weighted by atomic mass is 16.4. The van der Waals surface area contributed by atoms with E-state index in [1.165, 1.54) is 0 Å². The van der Waals surface area contributed by atoms with Gasteiger partial charge in [0.25, 0.3) is 0 Å². The first-order valence-electron chi connectivity index (χ1n) is 6.87. The van der Waals surface area contributed by atoms with Gasteiger partial charge in [-0.15, -0.1) is 0 Å². The zero-order valence-corrected chi connectivity index (χ0v) is 12.1. The molecule has 2 amide bonds. The van der Waals surface area contributed by atoms with Crippen molar-refractivity contribution in [2.75, 3.05) is 33.2 Å². The quantitative estimate of drug-likeness (QED) is 0.673. The van der Waals surface area contributed by atoms with Crippen molar-refractivity contribution >= 4 is 12.0 Å². The van der Waals surface area contributed by atoms with Gasteiger partial charge < -0.3 is 20.2 Å².